The lowest BCUT2D eigenvalue weighted by Gasteiger charge is -2.33. The standard InChI is InChI=1S/C39H45N7O6/c1-20-6-11-32(46(20)38(47)34(21(2)50-4)45-39(48)51-5)37-42-29-10-8-23-14-28-26-9-7-24(13-25(26)19-52-33(28)15-27(23)35(29)44-37)31-17-41-36(43-31)30-12-22(16-40-30)18-49-3/h7-10,13-15,17,20-22,30,32,34,40H,6,11-12,16,18-19H2,1-5H3,(H,41,43)(H,42,44)(H,45,48)/t20-,21+,22-,30-,32-,34?/m0/s1. The van der Waals surface area contributed by atoms with Crippen molar-refractivity contribution in [1.29, 1.82) is 0 Å². The minimum Gasteiger partial charge on any atom is -0.488 e. The van der Waals surface area contributed by atoms with Gasteiger partial charge in [0.25, 0.3) is 0 Å². The molecule has 13 heteroatoms. The van der Waals surface area contributed by atoms with E-state index in [4.69, 9.17) is 28.9 Å². The van der Waals surface area contributed by atoms with Crippen molar-refractivity contribution in [2.24, 2.45) is 5.92 Å². The number of nitrogens with one attached hydrogen (secondary N) is 4. The molecule has 0 aliphatic carbocycles. The summed E-state index contributed by atoms with van der Waals surface area (Å²) >= 11 is 0. The van der Waals surface area contributed by atoms with Crippen molar-refractivity contribution in [2.75, 3.05) is 34.5 Å². The van der Waals surface area contributed by atoms with Crippen molar-refractivity contribution in [1.82, 2.24) is 35.5 Å². The van der Waals surface area contributed by atoms with E-state index in [-0.39, 0.29) is 24.0 Å². The molecule has 0 bridgehead atoms. The number of hydrogen-bond donors (Lipinski definition) is 4. The number of likely N-dealkylation sites (tertiary alicyclic amines) is 1. The van der Waals surface area contributed by atoms with Gasteiger partial charge in [-0.1, -0.05) is 18.2 Å². The molecule has 0 radical (unpaired) electrons. The van der Waals surface area contributed by atoms with Gasteiger partial charge in [-0.2, -0.15) is 0 Å². The first-order valence-electron chi connectivity index (χ1n) is 18.0. The molecular weight excluding hydrogens is 662 g/mol. The maximum absolute atomic E-state index is 14.0. The molecule has 2 fully saturated rings. The second-order valence-electron chi connectivity index (χ2n) is 14.3. The smallest absolute Gasteiger partial charge is 0.407 e. The first-order valence-corrected chi connectivity index (χ1v) is 18.0. The van der Waals surface area contributed by atoms with Crippen LogP contribution >= 0.6 is 0 Å². The van der Waals surface area contributed by atoms with E-state index in [1.807, 2.05) is 24.1 Å². The normalized spacial score (nSPS) is 22.2. The fraction of sp³-hybridized carbons (Fsp3) is 0.436. The zero-order chi connectivity index (χ0) is 36.1. The summed E-state index contributed by atoms with van der Waals surface area (Å²) in [5, 5.41) is 8.28. The third-order valence-electron chi connectivity index (χ3n) is 11.0. The molecule has 2 amide bonds. The highest BCUT2D eigenvalue weighted by atomic mass is 16.5. The number of carbonyl (C=O) groups excluding carboxylic acids is 2. The zero-order valence-electron chi connectivity index (χ0n) is 30.1. The molecule has 6 atom stereocenters. The van der Waals surface area contributed by atoms with Crippen LogP contribution < -0.4 is 15.4 Å². The van der Waals surface area contributed by atoms with Crippen LogP contribution in [0.4, 0.5) is 4.79 Å². The number of aromatic nitrogens is 4. The van der Waals surface area contributed by atoms with E-state index in [9.17, 15) is 9.59 Å². The van der Waals surface area contributed by atoms with Gasteiger partial charge in [-0.25, -0.2) is 14.8 Å². The third-order valence-corrected chi connectivity index (χ3v) is 11.0. The fourth-order valence-electron chi connectivity index (χ4n) is 8.16. The summed E-state index contributed by atoms with van der Waals surface area (Å²) in [6.45, 7) is 5.91. The Balaban J connectivity index is 1.07. The highest BCUT2D eigenvalue weighted by Gasteiger charge is 2.42. The Labute approximate surface area is 301 Å². The maximum Gasteiger partial charge on any atom is 0.407 e. The van der Waals surface area contributed by atoms with Gasteiger partial charge >= 0.3 is 6.09 Å². The molecule has 3 aliphatic rings. The Hall–Kier alpha value is -4.98. The molecule has 0 spiro atoms. The van der Waals surface area contributed by atoms with Crippen LogP contribution in [0.25, 0.3) is 44.2 Å². The topological polar surface area (TPSA) is 156 Å². The Bertz CT molecular complexity index is 2140. The van der Waals surface area contributed by atoms with Gasteiger partial charge in [-0.05, 0) is 85.4 Å². The lowest BCUT2D eigenvalue weighted by Crippen LogP contribution is -2.55. The van der Waals surface area contributed by atoms with Gasteiger partial charge in [0.1, 0.15) is 30.0 Å². The fourth-order valence-corrected chi connectivity index (χ4v) is 8.16. The van der Waals surface area contributed by atoms with Crippen molar-refractivity contribution >= 4 is 33.8 Å². The molecule has 5 aromatic rings. The van der Waals surface area contributed by atoms with Gasteiger partial charge in [0, 0.05) is 37.8 Å². The summed E-state index contributed by atoms with van der Waals surface area (Å²) < 4.78 is 22.0. The molecule has 5 heterocycles. The van der Waals surface area contributed by atoms with Crippen LogP contribution in [0.1, 0.15) is 62.4 Å². The lowest BCUT2D eigenvalue weighted by atomic mass is 9.92. The molecular formula is C39H45N7O6. The molecule has 0 saturated carbocycles. The number of amides is 2. The SMILES string of the molecule is COC[C@@H]1CN[C@H](c2ncc(-c3ccc4c(c3)COc3cc5c(ccc6nc([C@@H]7CC[C@H](C)N7C(=O)C(NC(=O)OC)[C@@H](C)OC)[nH]c65)cc3-4)[nH]2)C1. The van der Waals surface area contributed by atoms with E-state index < -0.39 is 18.2 Å². The van der Waals surface area contributed by atoms with E-state index in [0.29, 0.717) is 18.3 Å². The number of H-pyrrole nitrogens is 2. The van der Waals surface area contributed by atoms with Crippen LogP contribution in [0.15, 0.2) is 48.7 Å². The lowest BCUT2D eigenvalue weighted by molar-refractivity contribution is -0.139. The van der Waals surface area contributed by atoms with Gasteiger partial charge in [0.05, 0.1) is 54.8 Å². The van der Waals surface area contributed by atoms with Crippen LogP contribution in [-0.4, -0.2) is 89.5 Å². The average Bonchev–Trinajstić information content (AvgIpc) is 3.98. The predicted octanol–water partition coefficient (Wildman–Crippen LogP) is 5.77. The number of fused-ring (bicyclic) bond motifs is 6. The number of ether oxygens (including phenoxy) is 4. The summed E-state index contributed by atoms with van der Waals surface area (Å²) in [5.41, 5.74) is 7.06. The van der Waals surface area contributed by atoms with Crippen molar-refractivity contribution < 1.29 is 28.5 Å². The molecule has 272 valence electrons. The number of aromatic amines is 2. The quantitative estimate of drug-likeness (QED) is 0.149. The zero-order valence-corrected chi connectivity index (χ0v) is 30.1. The molecule has 4 N–H and O–H groups in total. The van der Waals surface area contributed by atoms with Crippen LogP contribution in [0.5, 0.6) is 5.75 Å². The molecule has 2 saturated heterocycles. The molecule has 1 unspecified atom stereocenters. The van der Waals surface area contributed by atoms with E-state index in [1.54, 1.807) is 14.0 Å². The van der Waals surface area contributed by atoms with Crippen molar-refractivity contribution in [3.05, 3.63) is 65.9 Å². The molecule has 3 aromatic carbocycles. The molecule has 2 aromatic heterocycles. The van der Waals surface area contributed by atoms with Crippen molar-refractivity contribution in [3.8, 4) is 28.1 Å². The largest absolute Gasteiger partial charge is 0.488 e. The second-order valence-corrected chi connectivity index (χ2v) is 14.3. The summed E-state index contributed by atoms with van der Waals surface area (Å²) in [5.74, 6) is 2.73. The molecule has 13 nitrogen and oxygen atoms in total. The highest BCUT2D eigenvalue weighted by Crippen LogP contribution is 2.43. The first kappa shape index (κ1) is 34.1. The van der Waals surface area contributed by atoms with E-state index >= 15 is 0 Å². The number of hydrogen-bond acceptors (Lipinski definition) is 9. The number of benzene rings is 3. The minimum atomic E-state index is -0.908. The predicted molar refractivity (Wildman–Crippen MR) is 196 cm³/mol. The Morgan fingerprint density at radius 2 is 1.92 bits per heavy atom. The summed E-state index contributed by atoms with van der Waals surface area (Å²) in [7, 11) is 4.54. The van der Waals surface area contributed by atoms with Crippen LogP contribution in [0.2, 0.25) is 0 Å². The van der Waals surface area contributed by atoms with Gasteiger partial charge in [-0.15, -0.1) is 0 Å². The maximum atomic E-state index is 14.0. The van der Waals surface area contributed by atoms with Gasteiger partial charge in [0.15, 0.2) is 0 Å². The Morgan fingerprint density at radius 1 is 1.06 bits per heavy atom. The summed E-state index contributed by atoms with van der Waals surface area (Å²) in [6, 6.07) is 13.8. The number of rotatable bonds is 9. The Kier molecular flexibility index (Phi) is 9.10. The van der Waals surface area contributed by atoms with E-state index in [2.05, 4.69) is 57.0 Å². The van der Waals surface area contributed by atoms with Gasteiger partial charge < -0.3 is 44.4 Å². The van der Waals surface area contributed by atoms with Gasteiger partial charge in [-0.3, -0.25) is 4.79 Å². The number of carbonyl (C=O) groups is 2. The molecule has 3 aliphatic heterocycles. The summed E-state index contributed by atoms with van der Waals surface area (Å²) in [6.07, 6.45) is 3.21. The number of nitrogens with zero attached hydrogens (tertiary/aromatic N) is 3. The monoisotopic (exact) mass is 707 g/mol. The van der Waals surface area contributed by atoms with Crippen LogP contribution in [0.3, 0.4) is 0 Å². The van der Waals surface area contributed by atoms with Crippen molar-refractivity contribution in [2.45, 2.75) is 70.0 Å². The van der Waals surface area contributed by atoms with Crippen molar-refractivity contribution in [3.63, 3.8) is 0 Å². The minimum absolute atomic E-state index is 0.0528. The third kappa shape index (κ3) is 6.06. The van der Waals surface area contributed by atoms with E-state index in [1.165, 1.54) is 14.2 Å². The van der Waals surface area contributed by atoms with E-state index in [0.717, 1.165) is 93.7 Å². The van der Waals surface area contributed by atoms with Crippen LogP contribution in [-0.2, 0) is 25.6 Å². The molecule has 52 heavy (non-hydrogen) atoms. The second kappa shape index (κ2) is 13.9. The number of methoxy groups -OCH3 is 3. The number of alkyl carbamates (subject to hydrolysis) is 1. The molecule has 8 rings (SSSR count). The van der Waals surface area contributed by atoms with Crippen LogP contribution in [0, 0.1) is 5.92 Å². The first-order chi connectivity index (χ1) is 25.3. The van der Waals surface area contributed by atoms with Gasteiger partial charge in [0.2, 0.25) is 5.91 Å². The number of imidazole rings is 2. The Morgan fingerprint density at radius 3 is 2.73 bits per heavy atom. The highest BCUT2D eigenvalue weighted by molar-refractivity contribution is 6.07. The summed E-state index contributed by atoms with van der Waals surface area (Å²) in [4.78, 5) is 44.8. The average molecular weight is 708 g/mol.